The maximum Gasteiger partial charge on any atom is 0.337 e. The molecule has 2 heterocycles. The van der Waals surface area contributed by atoms with E-state index in [1.54, 1.807) is 18.2 Å². The summed E-state index contributed by atoms with van der Waals surface area (Å²) >= 11 is 12.7. The molecule has 1 fully saturated rings. The normalized spacial score (nSPS) is 14.5. The Kier molecular flexibility index (Phi) is 5.03. The van der Waals surface area contributed by atoms with E-state index in [1.807, 2.05) is 29.7 Å². The lowest BCUT2D eigenvalue weighted by molar-refractivity contribution is 0.0697. The summed E-state index contributed by atoms with van der Waals surface area (Å²) in [5.41, 5.74) is 2.21. The van der Waals surface area contributed by atoms with Gasteiger partial charge in [-0.05, 0) is 49.6 Å². The molecule has 4 aromatic rings. The summed E-state index contributed by atoms with van der Waals surface area (Å²) < 4.78 is 7.99. The third kappa shape index (κ3) is 3.78. The third-order valence-corrected chi connectivity index (χ3v) is 6.14. The van der Waals surface area contributed by atoms with E-state index in [-0.39, 0.29) is 16.2 Å². The van der Waals surface area contributed by atoms with Crippen molar-refractivity contribution in [2.24, 2.45) is 0 Å². The molecule has 0 spiro atoms. The fourth-order valence-corrected chi connectivity index (χ4v) is 4.05. The molecule has 0 saturated heterocycles. The van der Waals surface area contributed by atoms with Gasteiger partial charge < -0.3 is 14.4 Å². The second-order valence-electron chi connectivity index (χ2n) is 8.03. The van der Waals surface area contributed by atoms with E-state index < -0.39 is 5.97 Å². The molecule has 5 rings (SSSR count). The summed E-state index contributed by atoms with van der Waals surface area (Å²) in [7, 11) is 0. The minimum absolute atomic E-state index is 0.00132. The Bertz CT molecular complexity index is 1360. The number of hydrogen-bond acceptors (Lipinski definition) is 5. The summed E-state index contributed by atoms with van der Waals surface area (Å²) in [6.07, 6.45) is 3.33. The van der Waals surface area contributed by atoms with E-state index in [4.69, 9.17) is 32.9 Å². The molecule has 0 aliphatic heterocycles. The number of imidazole rings is 1. The third-order valence-electron chi connectivity index (χ3n) is 5.50. The highest BCUT2D eigenvalue weighted by Crippen LogP contribution is 2.41. The highest BCUT2D eigenvalue weighted by molar-refractivity contribution is 6.36. The first kappa shape index (κ1) is 20.7. The number of aromatic nitrogens is 4. The summed E-state index contributed by atoms with van der Waals surface area (Å²) in [4.78, 5) is 25.2. The van der Waals surface area contributed by atoms with Crippen molar-refractivity contribution in [3.8, 4) is 17.3 Å². The minimum atomic E-state index is -1.11. The van der Waals surface area contributed by atoms with Crippen LogP contribution in [-0.4, -0.2) is 36.2 Å². The quantitative estimate of drug-likeness (QED) is 0.402. The molecule has 0 amide bonds. The maximum atomic E-state index is 11.6. The number of hydrogen-bond donors (Lipinski definition) is 1. The Labute approximate surface area is 193 Å². The molecule has 1 aliphatic rings. The van der Waals surface area contributed by atoms with Crippen LogP contribution in [0.4, 0.5) is 0 Å². The highest BCUT2D eigenvalue weighted by atomic mass is 35.5. The molecule has 0 atom stereocenters. The van der Waals surface area contributed by atoms with Crippen LogP contribution in [0.3, 0.4) is 0 Å². The Hall–Kier alpha value is -3.16. The highest BCUT2D eigenvalue weighted by Gasteiger charge is 2.41. The van der Waals surface area contributed by atoms with Crippen molar-refractivity contribution in [2.75, 3.05) is 0 Å². The van der Waals surface area contributed by atoms with Gasteiger partial charge >= 0.3 is 5.97 Å². The van der Waals surface area contributed by atoms with Crippen molar-refractivity contribution < 1.29 is 14.6 Å². The lowest BCUT2D eigenvalue weighted by Crippen LogP contribution is -2.13. The van der Waals surface area contributed by atoms with Gasteiger partial charge in [-0.15, -0.1) is 0 Å². The van der Waals surface area contributed by atoms with E-state index in [2.05, 4.69) is 9.97 Å². The van der Waals surface area contributed by atoms with Crippen LogP contribution in [0.25, 0.3) is 22.6 Å². The van der Waals surface area contributed by atoms with Crippen molar-refractivity contribution in [3.05, 3.63) is 70.0 Å². The number of rotatable bonds is 6. The zero-order chi connectivity index (χ0) is 22.5. The topological polar surface area (TPSA) is 90.1 Å². The Morgan fingerprint density at radius 1 is 1.19 bits per heavy atom. The molecule has 7 nitrogen and oxygen atoms in total. The molecular formula is C23H18Cl2N4O3. The van der Waals surface area contributed by atoms with Gasteiger partial charge in [-0.2, -0.15) is 4.98 Å². The predicted octanol–water partition coefficient (Wildman–Crippen LogP) is 5.48. The molecule has 1 saturated carbocycles. The average molecular weight is 469 g/mol. The van der Waals surface area contributed by atoms with Gasteiger partial charge in [0.1, 0.15) is 17.8 Å². The molecule has 1 aliphatic carbocycles. The van der Waals surface area contributed by atoms with Crippen LogP contribution in [0.2, 0.25) is 10.0 Å². The SMILES string of the molecule is CC1(Oc2ncnc3c2nc(-c2cccc(C(=O)O)c2Cl)n3Cc2cccc(Cl)c2)CC1. The van der Waals surface area contributed by atoms with Gasteiger partial charge in [0.15, 0.2) is 11.2 Å². The number of fused-ring (bicyclic) bond motifs is 1. The number of benzene rings is 2. The van der Waals surface area contributed by atoms with Crippen LogP contribution in [0.1, 0.15) is 35.7 Å². The smallest absolute Gasteiger partial charge is 0.337 e. The fourth-order valence-electron chi connectivity index (χ4n) is 3.55. The van der Waals surface area contributed by atoms with Crippen molar-refractivity contribution >= 4 is 40.3 Å². The van der Waals surface area contributed by atoms with Gasteiger partial charge in [0.05, 0.1) is 17.1 Å². The molecule has 2 aromatic heterocycles. The van der Waals surface area contributed by atoms with E-state index in [1.165, 1.54) is 12.4 Å². The Balaban J connectivity index is 1.73. The maximum absolute atomic E-state index is 11.6. The van der Waals surface area contributed by atoms with E-state index in [0.29, 0.717) is 40.0 Å². The second-order valence-corrected chi connectivity index (χ2v) is 8.84. The van der Waals surface area contributed by atoms with Gasteiger partial charge in [0, 0.05) is 10.6 Å². The van der Waals surface area contributed by atoms with E-state index >= 15 is 0 Å². The number of carbonyl (C=O) groups is 1. The van der Waals surface area contributed by atoms with Crippen LogP contribution in [0.15, 0.2) is 48.8 Å². The van der Waals surface area contributed by atoms with Crippen LogP contribution >= 0.6 is 23.2 Å². The van der Waals surface area contributed by atoms with Crippen LogP contribution in [0, 0.1) is 0 Å². The zero-order valence-electron chi connectivity index (χ0n) is 17.0. The molecule has 32 heavy (non-hydrogen) atoms. The number of halogens is 2. The lowest BCUT2D eigenvalue weighted by atomic mass is 10.1. The van der Waals surface area contributed by atoms with Gasteiger partial charge in [0.2, 0.25) is 5.88 Å². The van der Waals surface area contributed by atoms with E-state index in [0.717, 1.165) is 18.4 Å². The molecule has 0 radical (unpaired) electrons. The molecule has 0 unspecified atom stereocenters. The number of aromatic carboxylic acids is 1. The summed E-state index contributed by atoms with van der Waals surface area (Å²) in [5.74, 6) is -0.245. The van der Waals surface area contributed by atoms with Crippen LogP contribution in [0.5, 0.6) is 5.88 Å². The second kappa shape index (κ2) is 7.76. The number of carboxylic acid groups (broad SMARTS) is 1. The first-order valence-corrected chi connectivity index (χ1v) is 10.8. The zero-order valence-corrected chi connectivity index (χ0v) is 18.6. The lowest BCUT2D eigenvalue weighted by Gasteiger charge is -2.12. The van der Waals surface area contributed by atoms with Crippen LogP contribution in [-0.2, 0) is 6.54 Å². The van der Waals surface area contributed by atoms with Crippen molar-refractivity contribution in [3.63, 3.8) is 0 Å². The Morgan fingerprint density at radius 2 is 1.97 bits per heavy atom. The molecule has 2 aromatic carbocycles. The summed E-state index contributed by atoms with van der Waals surface area (Å²) in [5, 5.41) is 10.2. The van der Waals surface area contributed by atoms with Crippen molar-refractivity contribution in [1.29, 1.82) is 0 Å². The number of ether oxygens (including phenoxy) is 1. The summed E-state index contributed by atoms with van der Waals surface area (Å²) in [6.45, 7) is 2.42. The first-order valence-electron chi connectivity index (χ1n) is 10.0. The molecule has 0 bridgehead atoms. The molecule has 162 valence electrons. The molecular weight excluding hydrogens is 451 g/mol. The monoisotopic (exact) mass is 468 g/mol. The van der Waals surface area contributed by atoms with Crippen LogP contribution < -0.4 is 4.74 Å². The Morgan fingerprint density at radius 3 is 2.69 bits per heavy atom. The first-order chi connectivity index (χ1) is 15.3. The standard InChI is InChI=1S/C23H18Cl2N4O3/c1-23(8-9-23)32-21-18-20(26-12-27-21)29(11-13-4-2-5-14(24)10-13)19(28-18)15-6-3-7-16(17(15)25)22(30)31/h2-7,10,12H,8-9,11H2,1H3,(H,30,31). The van der Waals surface area contributed by atoms with Gasteiger partial charge in [0.25, 0.3) is 0 Å². The average Bonchev–Trinajstić information content (AvgIpc) is 3.37. The number of nitrogens with zero attached hydrogens (tertiary/aromatic N) is 4. The minimum Gasteiger partial charge on any atom is -0.478 e. The van der Waals surface area contributed by atoms with Crippen molar-refractivity contribution in [2.45, 2.75) is 31.9 Å². The van der Waals surface area contributed by atoms with Gasteiger partial charge in [-0.3, -0.25) is 0 Å². The molecule has 1 N–H and O–H groups in total. The predicted molar refractivity (Wildman–Crippen MR) is 122 cm³/mol. The molecule has 9 heteroatoms. The number of carboxylic acids is 1. The summed E-state index contributed by atoms with van der Waals surface area (Å²) in [6, 6.07) is 12.3. The van der Waals surface area contributed by atoms with Crippen molar-refractivity contribution in [1.82, 2.24) is 19.5 Å². The van der Waals surface area contributed by atoms with E-state index in [9.17, 15) is 9.90 Å². The van der Waals surface area contributed by atoms with Gasteiger partial charge in [-0.1, -0.05) is 41.4 Å². The fraction of sp³-hybridized carbons (Fsp3) is 0.217. The largest absolute Gasteiger partial charge is 0.478 e. The van der Waals surface area contributed by atoms with Gasteiger partial charge in [-0.25, -0.2) is 14.8 Å².